The van der Waals surface area contributed by atoms with Crippen LogP contribution in [0.1, 0.15) is 24.6 Å². The van der Waals surface area contributed by atoms with Gasteiger partial charge in [0, 0.05) is 18.9 Å². The number of nitrogens with zero attached hydrogens (tertiary/aromatic N) is 2. The lowest BCUT2D eigenvalue weighted by molar-refractivity contribution is -0.132. The van der Waals surface area contributed by atoms with Gasteiger partial charge in [-0.15, -0.1) is 0 Å². The molecule has 0 saturated carbocycles. The van der Waals surface area contributed by atoms with Crippen molar-refractivity contribution >= 4 is 5.91 Å². The summed E-state index contributed by atoms with van der Waals surface area (Å²) in [7, 11) is 0. The highest BCUT2D eigenvalue weighted by Gasteiger charge is 2.39. The molecule has 5 nitrogen and oxygen atoms in total. The average Bonchev–Trinajstić information content (AvgIpc) is 2.81. The molecule has 0 aromatic carbocycles. The molecule has 2 atom stereocenters. The summed E-state index contributed by atoms with van der Waals surface area (Å²) in [5, 5.41) is 0. The van der Waals surface area contributed by atoms with Crippen LogP contribution in [0.15, 0.2) is 24.5 Å². The van der Waals surface area contributed by atoms with E-state index in [-0.39, 0.29) is 18.1 Å². The summed E-state index contributed by atoms with van der Waals surface area (Å²) >= 11 is 0. The number of hydrogen-bond donors (Lipinski definition) is 2. The summed E-state index contributed by atoms with van der Waals surface area (Å²) < 4.78 is 0. The fraction of sp³-hybridized carbons (Fsp3) is 0.455. The predicted molar refractivity (Wildman–Crippen MR) is 58.0 cm³/mol. The number of nitrogens with one attached hydrogen (secondary N) is 2. The largest absolute Gasteiger partial charge is 0.288 e. The standard InChI is InChI=1S/C11H14N4O/c16-11-9-2-1-7-15(9)10(13-14-11)8-3-5-12-6-4-8/h3-6,9-10,13H,1-2,7H2,(H,14,16). The maximum absolute atomic E-state index is 11.6. The van der Waals surface area contributed by atoms with E-state index in [1.165, 1.54) is 0 Å². The van der Waals surface area contributed by atoms with Gasteiger partial charge in [-0.25, -0.2) is 5.43 Å². The quantitative estimate of drug-likeness (QED) is 0.706. The maximum Gasteiger partial charge on any atom is 0.251 e. The molecule has 3 heterocycles. The van der Waals surface area contributed by atoms with Crippen LogP contribution in [-0.2, 0) is 4.79 Å². The third-order valence-electron chi connectivity index (χ3n) is 3.28. The van der Waals surface area contributed by atoms with Gasteiger partial charge in [0.15, 0.2) is 0 Å². The molecular weight excluding hydrogens is 204 g/mol. The number of aromatic nitrogens is 1. The second-order valence-corrected chi connectivity index (χ2v) is 4.21. The van der Waals surface area contributed by atoms with Crippen molar-refractivity contribution in [2.75, 3.05) is 6.54 Å². The van der Waals surface area contributed by atoms with E-state index in [0.29, 0.717) is 0 Å². The Morgan fingerprint density at radius 3 is 3.00 bits per heavy atom. The normalized spacial score (nSPS) is 29.9. The predicted octanol–water partition coefficient (Wildman–Crippen LogP) is 0.179. The Bertz CT molecular complexity index is 394. The SMILES string of the molecule is O=C1NNC(c2ccncc2)N2CCCC12. The van der Waals surface area contributed by atoms with Crippen molar-refractivity contribution in [3.05, 3.63) is 30.1 Å². The monoisotopic (exact) mass is 218 g/mol. The number of hydrogen-bond acceptors (Lipinski definition) is 4. The van der Waals surface area contributed by atoms with Gasteiger partial charge >= 0.3 is 0 Å². The van der Waals surface area contributed by atoms with Crippen LogP contribution in [-0.4, -0.2) is 28.4 Å². The molecule has 2 fully saturated rings. The van der Waals surface area contributed by atoms with Gasteiger partial charge in [-0.2, -0.15) is 0 Å². The van der Waals surface area contributed by atoms with Crippen LogP contribution in [0.5, 0.6) is 0 Å². The summed E-state index contributed by atoms with van der Waals surface area (Å²) in [4.78, 5) is 17.8. The topological polar surface area (TPSA) is 57.3 Å². The number of carbonyl (C=O) groups is 1. The second-order valence-electron chi connectivity index (χ2n) is 4.21. The van der Waals surface area contributed by atoms with Gasteiger partial charge in [0.05, 0.1) is 6.04 Å². The Labute approximate surface area is 93.8 Å². The summed E-state index contributed by atoms with van der Waals surface area (Å²) in [6, 6.07) is 3.98. The van der Waals surface area contributed by atoms with Crippen molar-refractivity contribution in [2.24, 2.45) is 0 Å². The van der Waals surface area contributed by atoms with Crippen LogP contribution in [0.4, 0.5) is 0 Å². The minimum Gasteiger partial charge on any atom is -0.288 e. The van der Waals surface area contributed by atoms with Gasteiger partial charge in [-0.05, 0) is 30.5 Å². The first-order valence-electron chi connectivity index (χ1n) is 5.57. The fourth-order valence-corrected chi connectivity index (χ4v) is 2.51. The molecule has 3 rings (SSSR count). The number of amides is 1. The molecule has 1 aromatic rings. The Morgan fingerprint density at radius 1 is 1.38 bits per heavy atom. The average molecular weight is 218 g/mol. The Morgan fingerprint density at radius 2 is 2.19 bits per heavy atom. The summed E-state index contributed by atoms with van der Waals surface area (Å²) in [5.74, 6) is 0.0859. The first kappa shape index (κ1) is 9.74. The van der Waals surface area contributed by atoms with Gasteiger partial charge < -0.3 is 0 Å². The molecule has 0 aliphatic carbocycles. The molecule has 2 saturated heterocycles. The number of fused-ring (bicyclic) bond motifs is 1. The molecule has 5 heteroatoms. The molecule has 2 unspecified atom stereocenters. The zero-order valence-electron chi connectivity index (χ0n) is 8.89. The lowest BCUT2D eigenvalue weighted by Gasteiger charge is -2.37. The van der Waals surface area contributed by atoms with Crippen LogP contribution >= 0.6 is 0 Å². The Kier molecular flexibility index (Phi) is 2.34. The Balaban J connectivity index is 1.89. The molecule has 1 amide bonds. The lowest BCUT2D eigenvalue weighted by atomic mass is 10.1. The van der Waals surface area contributed by atoms with E-state index in [9.17, 15) is 4.79 Å². The summed E-state index contributed by atoms with van der Waals surface area (Å²) in [5.41, 5.74) is 6.95. The first-order valence-corrected chi connectivity index (χ1v) is 5.57. The molecule has 0 bridgehead atoms. The van der Waals surface area contributed by atoms with Crippen molar-refractivity contribution < 1.29 is 4.79 Å². The molecule has 0 spiro atoms. The highest BCUT2D eigenvalue weighted by Crippen LogP contribution is 2.29. The van der Waals surface area contributed by atoms with Crippen molar-refractivity contribution in [3.63, 3.8) is 0 Å². The fourth-order valence-electron chi connectivity index (χ4n) is 2.51. The van der Waals surface area contributed by atoms with E-state index in [1.807, 2.05) is 12.1 Å². The van der Waals surface area contributed by atoms with E-state index < -0.39 is 0 Å². The van der Waals surface area contributed by atoms with E-state index in [2.05, 4.69) is 20.7 Å². The van der Waals surface area contributed by atoms with Crippen molar-refractivity contribution in [1.82, 2.24) is 20.7 Å². The number of carbonyl (C=O) groups excluding carboxylic acids is 1. The maximum atomic E-state index is 11.6. The minimum atomic E-state index is 0.0272. The number of rotatable bonds is 1. The van der Waals surface area contributed by atoms with E-state index in [0.717, 1.165) is 24.9 Å². The summed E-state index contributed by atoms with van der Waals surface area (Å²) in [6.45, 7) is 0.970. The Hall–Kier alpha value is -1.46. The van der Waals surface area contributed by atoms with Gasteiger partial charge in [0.25, 0.3) is 5.91 Å². The molecule has 16 heavy (non-hydrogen) atoms. The highest BCUT2D eigenvalue weighted by molar-refractivity contribution is 5.82. The van der Waals surface area contributed by atoms with Gasteiger partial charge in [0.2, 0.25) is 0 Å². The zero-order chi connectivity index (χ0) is 11.0. The molecule has 2 aliphatic rings. The minimum absolute atomic E-state index is 0.0272. The molecule has 84 valence electrons. The van der Waals surface area contributed by atoms with E-state index in [4.69, 9.17) is 0 Å². The third kappa shape index (κ3) is 1.48. The van der Waals surface area contributed by atoms with Gasteiger partial charge in [-0.1, -0.05) is 0 Å². The van der Waals surface area contributed by atoms with Crippen LogP contribution in [0, 0.1) is 0 Å². The molecule has 2 N–H and O–H groups in total. The number of hydrazine groups is 1. The second kappa shape index (κ2) is 3.84. The molecule has 2 aliphatic heterocycles. The smallest absolute Gasteiger partial charge is 0.251 e. The van der Waals surface area contributed by atoms with Crippen LogP contribution in [0.3, 0.4) is 0 Å². The first-order chi connectivity index (χ1) is 7.86. The van der Waals surface area contributed by atoms with Crippen molar-refractivity contribution in [2.45, 2.75) is 25.0 Å². The van der Waals surface area contributed by atoms with Crippen LogP contribution in [0.25, 0.3) is 0 Å². The lowest BCUT2D eigenvalue weighted by Crippen LogP contribution is -2.60. The molecule has 1 aromatic heterocycles. The third-order valence-corrected chi connectivity index (χ3v) is 3.28. The van der Waals surface area contributed by atoms with E-state index >= 15 is 0 Å². The van der Waals surface area contributed by atoms with Crippen LogP contribution in [0.2, 0.25) is 0 Å². The summed E-state index contributed by atoms with van der Waals surface area (Å²) in [6.07, 6.45) is 5.67. The van der Waals surface area contributed by atoms with Crippen LogP contribution < -0.4 is 10.9 Å². The molecule has 0 radical (unpaired) electrons. The van der Waals surface area contributed by atoms with Crippen molar-refractivity contribution in [1.29, 1.82) is 0 Å². The van der Waals surface area contributed by atoms with Gasteiger partial charge in [0.1, 0.15) is 6.17 Å². The van der Waals surface area contributed by atoms with Gasteiger partial charge in [-0.3, -0.25) is 20.1 Å². The zero-order valence-corrected chi connectivity index (χ0v) is 8.89. The number of pyridine rings is 1. The molecular formula is C11H14N4O. The highest BCUT2D eigenvalue weighted by atomic mass is 16.2. The van der Waals surface area contributed by atoms with Crippen molar-refractivity contribution in [3.8, 4) is 0 Å². The van der Waals surface area contributed by atoms with E-state index in [1.54, 1.807) is 12.4 Å².